The predicted molar refractivity (Wildman–Crippen MR) is 206 cm³/mol. The van der Waals surface area contributed by atoms with Crippen LogP contribution in [0.5, 0.6) is 0 Å². The molecule has 1 aliphatic heterocycles. The van der Waals surface area contributed by atoms with Gasteiger partial charge >= 0.3 is 5.97 Å². The van der Waals surface area contributed by atoms with Crippen molar-refractivity contribution in [3.05, 3.63) is 12.2 Å². The molecule has 0 spiro atoms. The number of aliphatic hydroxyl groups excluding tert-OH is 4. The number of carbonyl (C=O) groups is 1. The Morgan fingerprint density at radius 1 is 0.608 bits per heavy atom. The van der Waals surface area contributed by atoms with Crippen LogP contribution < -0.4 is 0 Å². The van der Waals surface area contributed by atoms with Gasteiger partial charge in [-0.05, 0) is 38.5 Å². The van der Waals surface area contributed by atoms with E-state index in [1.54, 1.807) is 0 Å². The van der Waals surface area contributed by atoms with Gasteiger partial charge in [0.15, 0.2) is 6.29 Å². The molecule has 0 aromatic rings. The zero-order valence-electron chi connectivity index (χ0n) is 32.9. The summed E-state index contributed by atoms with van der Waals surface area (Å²) in [7, 11) is 0. The lowest BCUT2D eigenvalue weighted by molar-refractivity contribution is -0.305. The molecule has 0 bridgehead atoms. The fraction of sp³-hybridized carbons (Fsp3) is 0.929. The van der Waals surface area contributed by atoms with E-state index in [0.717, 1.165) is 32.1 Å². The Morgan fingerprint density at radius 3 is 1.59 bits per heavy atom. The van der Waals surface area contributed by atoms with Crippen LogP contribution in [0.2, 0.25) is 0 Å². The Labute approximate surface area is 312 Å². The zero-order valence-corrected chi connectivity index (χ0v) is 32.9. The van der Waals surface area contributed by atoms with Gasteiger partial charge in [0.2, 0.25) is 0 Å². The lowest BCUT2D eigenvalue weighted by Gasteiger charge is -2.39. The molecule has 0 aromatic heterocycles. The van der Waals surface area contributed by atoms with Crippen LogP contribution in [0.4, 0.5) is 0 Å². The Bertz CT molecular complexity index is 792. The second-order valence-electron chi connectivity index (χ2n) is 14.8. The number of aliphatic hydroxyl groups is 4. The van der Waals surface area contributed by atoms with E-state index < -0.39 is 43.4 Å². The summed E-state index contributed by atoms with van der Waals surface area (Å²) in [6.07, 6.45) is 29.4. The Balaban J connectivity index is 2.29. The van der Waals surface area contributed by atoms with Crippen LogP contribution in [0.15, 0.2) is 12.2 Å². The molecule has 0 amide bonds. The van der Waals surface area contributed by atoms with Crippen molar-refractivity contribution >= 4 is 5.97 Å². The molecule has 4 N–H and O–H groups in total. The van der Waals surface area contributed by atoms with Gasteiger partial charge in [0.25, 0.3) is 0 Å². The summed E-state index contributed by atoms with van der Waals surface area (Å²) in [5, 5.41) is 40.0. The van der Waals surface area contributed by atoms with E-state index in [2.05, 4.69) is 26.0 Å². The molecule has 6 unspecified atom stereocenters. The van der Waals surface area contributed by atoms with E-state index >= 15 is 0 Å². The molecule has 6 atom stereocenters. The quantitative estimate of drug-likeness (QED) is 0.0284. The van der Waals surface area contributed by atoms with Gasteiger partial charge in [-0.25, -0.2) is 0 Å². The van der Waals surface area contributed by atoms with Crippen LogP contribution in [0.25, 0.3) is 0 Å². The number of hydrogen-bond acceptors (Lipinski definition) is 9. The van der Waals surface area contributed by atoms with Crippen LogP contribution in [0.1, 0.15) is 187 Å². The molecular weight excluding hydrogens is 648 g/mol. The number of rotatable bonds is 36. The Hall–Kier alpha value is -1.07. The van der Waals surface area contributed by atoms with Gasteiger partial charge in [-0.2, -0.15) is 0 Å². The summed E-state index contributed by atoms with van der Waals surface area (Å²) in [5.74, 6) is -0.314. The first-order valence-electron chi connectivity index (χ1n) is 21.3. The van der Waals surface area contributed by atoms with Crippen molar-refractivity contribution in [2.24, 2.45) is 0 Å². The van der Waals surface area contributed by atoms with Crippen molar-refractivity contribution in [2.75, 3.05) is 26.4 Å². The number of ether oxygens (including phenoxy) is 4. The van der Waals surface area contributed by atoms with Crippen molar-refractivity contribution in [2.45, 2.75) is 224 Å². The van der Waals surface area contributed by atoms with Crippen molar-refractivity contribution in [3.8, 4) is 0 Å². The van der Waals surface area contributed by atoms with Gasteiger partial charge in [-0.15, -0.1) is 0 Å². The second-order valence-corrected chi connectivity index (χ2v) is 14.8. The SMILES string of the molecule is CCCCCCC/C=C\CCCCCCCCOCC(COC1OC(CO)C(O)C(O)C1O)OC(=O)CCCCCCCCCCCCCCC. The minimum Gasteiger partial charge on any atom is -0.457 e. The molecule has 1 rings (SSSR count). The summed E-state index contributed by atoms with van der Waals surface area (Å²) in [4.78, 5) is 12.7. The van der Waals surface area contributed by atoms with Crippen molar-refractivity contribution in [1.29, 1.82) is 0 Å². The molecule has 0 aliphatic carbocycles. The first-order valence-corrected chi connectivity index (χ1v) is 21.3. The summed E-state index contributed by atoms with van der Waals surface area (Å²) in [6, 6.07) is 0. The molecular formula is C42H80O9. The summed E-state index contributed by atoms with van der Waals surface area (Å²) < 4.78 is 22.8. The maximum Gasteiger partial charge on any atom is 0.306 e. The largest absolute Gasteiger partial charge is 0.457 e. The van der Waals surface area contributed by atoms with Crippen LogP contribution in [-0.4, -0.2) is 89.6 Å². The van der Waals surface area contributed by atoms with Gasteiger partial charge in [0.05, 0.1) is 19.8 Å². The topological polar surface area (TPSA) is 135 Å². The molecule has 1 fully saturated rings. The molecule has 0 saturated carbocycles. The predicted octanol–water partition coefficient (Wildman–Crippen LogP) is 8.86. The van der Waals surface area contributed by atoms with Crippen LogP contribution in [0, 0.1) is 0 Å². The molecule has 9 nitrogen and oxygen atoms in total. The van der Waals surface area contributed by atoms with Crippen molar-refractivity contribution in [3.63, 3.8) is 0 Å². The van der Waals surface area contributed by atoms with E-state index in [4.69, 9.17) is 18.9 Å². The van der Waals surface area contributed by atoms with Gasteiger partial charge in [0.1, 0.15) is 30.5 Å². The van der Waals surface area contributed by atoms with Gasteiger partial charge < -0.3 is 39.4 Å². The number of carbonyl (C=O) groups excluding carboxylic acids is 1. The third-order valence-corrected chi connectivity index (χ3v) is 9.93. The van der Waals surface area contributed by atoms with E-state index in [9.17, 15) is 25.2 Å². The minimum absolute atomic E-state index is 0.111. The van der Waals surface area contributed by atoms with Crippen LogP contribution >= 0.6 is 0 Å². The molecule has 1 aliphatic rings. The number of unbranched alkanes of at least 4 members (excludes halogenated alkanes) is 23. The average molecular weight is 729 g/mol. The van der Waals surface area contributed by atoms with Crippen LogP contribution in [0.3, 0.4) is 0 Å². The lowest BCUT2D eigenvalue weighted by Crippen LogP contribution is -2.59. The van der Waals surface area contributed by atoms with E-state index in [1.165, 1.54) is 135 Å². The fourth-order valence-corrected chi connectivity index (χ4v) is 6.54. The standard InChI is InChI=1S/C42H80O9/c1-3-5-7-9-11-13-15-17-18-20-22-24-26-28-30-32-48-34-36(35-49-42-41(47)40(46)39(45)37(33-43)51-42)50-38(44)31-29-27-25-23-21-19-16-14-12-10-8-6-4-2/h15,17,36-37,39-43,45-47H,3-14,16,18-35H2,1-2H3/b17-15-. The summed E-state index contributed by atoms with van der Waals surface area (Å²) in [5.41, 5.74) is 0. The smallest absolute Gasteiger partial charge is 0.306 e. The highest BCUT2D eigenvalue weighted by Crippen LogP contribution is 2.22. The molecule has 0 aromatic carbocycles. The summed E-state index contributed by atoms with van der Waals surface area (Å²) in [6.45, 7) is 4.55. The van der Waals surface area contributed by atoms with Crippen molar-refractivity contribution < 1.29 is 44.2 Å². The molecule has 0 radical (unpaired) electrons. The monoisotopic (exact) mass is 729 g/mol. The summed E-state index contributed by atoms with van der Waals surface area (Å²) >= 11 is 0. The maximum atomic E-state index is 12.7. The normalized spacial score (nSPS) is 21.4. The lowest BCUT2D eigenvalue weighted by atomic mass is 9.99. The van der Waals surface area contributed by atoms with Crippen molar-refractivity contribution in [1.82, 2.24) is 0 Å². The first kappa shape index (κ1) is 48.0. The van der Waals surface area contributed by atoms with Crippen LogP contribution in [-0.2, 0) is 23.7 Å². The minimum atomic E-state index is -1.53. The van der Waals surface area contributed by atoms with Gasteiger partial charge in [-0.1, -0.05) is 154 Å². The second kappa shape index (κ2) is 34.7. The molecule has 1 heterocycles. The number of allylic oxidation sites excluding steroid dienone is 2. The zero-order chi connectivity index (χ0) is 37.2. The first-order chi connectivity index (χ1) is 24.9. The molecule has 9 heteroatoms. The average Bonchev–Trinajstić information content (AvgIpc) is 3.13. The van der Waals surface area contributed by atoms with E-state index in [-0.39, 0.29) is 19.2 Å². The highest BCUT2D eigenvalue weighted by atomic mass is 16.7. The highest BCUT2D eigenvalue weighted by molar-refractivity contribution is 5.69. The maximum absolute atomic E-state index is 12.7. The number of esters is 1. The molecule has 51 heavy (non-hydrogen) atoms. The number of hydrogen-bond donors (Lipinski definition) is 4. The Morgan fingerprint density at radius 2 is 1.08 bits per heavy atom. The van der Waals surface area contributed by atoms with E-state index in [1.807, 2.05) is 0 Å². The third-order valence-electron chi connectivity index (χ3n) is 9.93. The fourth-order valence-electron chi connectivity index (χ4n) is 6.54. The highest BCUT2D eigenvalue weighted by Gasteiger charge is 2.44. The molecule has 302 valence electrons. The molecule has 1 saturated heterocycles. The third kappa shape index (κ3) is 26.4. The van der Waals surface area contributed by atoms with Gasteiger partial charge in [-0.3, -0.25) is 4.79 Å². The Kier molecular flexibility index (Phi) is 32.6. The van der Waals surface area contributed by atoms with Gasteiger partial charge in [0, 0.05) is 13.0 Å². The van der Waals surface area contributed by atoms with E-state index in [0.29, 0.717) is 13.0 Å².